The van der Waals surface area contributed by atoms with Crippen molar-refractivity contribution in [1.82, 2.24) is 10.6 Å². The van der Waals surface area contributed by atoms with Crippen molar-refractivity contribution in [3.05, 3.63) is 93.7 Å². The fraction of sp³-hybridized carbons (Fsp3) is 0.182. The number of carbonyl (C=O) groups excluding carboxylic acids is 2. The van der Waals surface area contributed by atoms with Crippen LogP contribution in [0.25, 0.3) is 6.08 Å². The van der Waals surface area contributed by atoms with E-state index in [4.69, 9.17) is 0 Å². The number of benzene rings is 2. The van der Waals surface area contributed by atoms with E-state index in [1.165, 1.54) is 30.3 Å². The lowest BCUT2D eigenvalue weighted by molar-refractivity contribution is -0.384. The molecule has 2 rings (SSSR count). The Morgan fingerprint density at radius 3 is 2.38 bits per heavy atom. The molecule has 0 aliphatic rings. The number of nitro benzene ring substituents is 1. The summed E-state index contributed by atoms with van der Waals surface area (Å²) in [5.74, 6) is -0.920. The van der Waals surface area contributed by atoms with E-state index in [-0.39, 0.29) is 16.9 Å². The van der Waals surface area contributed by atoms with Crippen molar-refractivity contribution in [2.75, 3.05) is 6.54 Å². The summed E-state index contributed by atoms with van der Waals surface area (Å²) in [6.45, 7) is 2.52. The molecule has 0 fully saturated rings. The topological polar surface area (TPSA) is 101 Å². The smallest absolute Gasteiger partial charge is 0.269 e. The summed E-state index contributed by atoms with van der Waals surface area (Å²) in [6.07, 6.45) is 6.78. The fourth-order valence-corrected chi connectivity index (χ4v) is 2.40. The highest BCUT2D eigenvalue weighted by molar-refractivity contribution is 6.03. The summed E-state index contributed by atoms with van der Waals surface area (Å²) in [5, 5.41) is 16.1. The second-order valence-electron chi connectivity index (χ2n) is 6.22. The number of hydrogen-bond acceptors (Lipinski definition) is 4. The van der Waals surface area contributed by atoms with E-state index in [1.54, 1.807) is 6.08 Å². The molecular weight excluding hydrogens is 370 g/mol. The van der Waals surface area contributed by atoms with Gasteiger partial charge in [-0.15, -0.1) is 0 Å². The Morgan fingerprint density at radius 1 is 1.07 bits per heavy atom. The van der Waals surface area contributed by atoms with Gasteiger partial charge in [0.25, 0.3) is 17.5 Å². The Balaban J connectivity index is 2.15. The van der Waals surface area contributed by atoms with Crippen LogP contribution in [-0.2, 0) is 4.79 Å². The summed E-state index contributed by atoms with van der Waals surface area (Å²) in [5.41, 5.74) is 1.16. The van der Waals surface area contributed by atoms with E-state index in [0.29, 0.717) is 6.54 Å². The van der Waals surface area contributed by atoms with Crippen molar-refractivity contribution in [3.63, 3.8) is 0 Å². The molecule has 2 N–H and O–H groups in total. The number of hydrogen-bond donors (Lipinski definition) is 2. The molecule has 0 aromatic heterocycles. The van der Waals surface area contributed by atoms with Gasteiger partial charge >= 0.3 is 0 Å². The average molecular weight is 393 g/mol. The van der Waals surface area contributed by atoms with Gasteiger partial charge < -0.3 is 10.6 Å². The number of nitrogens with one attached hydrogen (secondary N) is 2. The first kappa shape index (κ1) is 21.6. The molecular formula is C22H23N3O4. The second-order valence-corrected chi connectivity index (χ2v) is 6.22. The number of allylic oxidation sites excluding steroid dienone is 2. The molecule has 29 heavy (non-hydrogen) atoms. The summed E-state index contributed by atoms with van der Waals surface area (Å²) in [7, 11) is 0. The van der Waals surface area contributed by atoms with Crippen LogP contribution in [-0.4, -0.2) is 23.3 Å². The van der Waals surface area contributed by atoms with Crippen molar-refractivity contribution in [2.45, 2.75) is 19.8 Å². The highest BCUT2D eigenvalue weighted by Crippen LogP contribution is 2.12. The molecule has 0 heterocycles. The molecule has 0 aliphatic carbocycles. The first-order valence-corrected chi connectivity index (χ1v) is 9.28. The Morgan fingerprint density at radius 2 is 1.76 bits per heavy atom. The molecule has 0 spiro atoms. The summed E-state index contributed by atoms with van der Waals surface area (Å²) in [4.78, 5) is 35.1. The van der Waals surface area contributed by atoms with Gasteiger partial charge in [0.2, 0.25) is 0 Å². The Labute approximate surface area is 169 Å². The lowest BCUT2D eigenvalue weighted by atomic mass is 10.2. The largest absolute Gasteiger partial charge is 0.351 e. The number of amides is 2. The van der Waals surface area contributed by atoms with E-state index < -0.39 is 16.7 Å². The first-order chi connectivity index (χ1) is 14.0. The van der Waals surface area contributed by atoms with Crippen LogP contribution in [0.3, 0.4) is 0 Å². The van der Waals surface area contributed by atoms with Gasteiger partial charge in [0.1, 0.15) is 5.70 Å². The standard InChI is InChI=1S/C22H23N3O4/c1-2-3-16-23-22(27)20(11-7-10-17-8-5-4-6-9-17)24-21(26)18-12-14-19(15-13-18)25(28)29/h4-15H,2-3,16H2,1H3,(H,23,27)(H,24,26)/b10-7+,20-11+. The van der Waals surface area contributed by atoms with Gasteiger partial charge in [-0.25, -0.2) is 0 Å². The van der Waals surface area contributed by atoms with E-state index >= 15 is 0 Å². The maximum Gasteiger partial charge on any atom is 0.269 e. The van der Waals surface area contributed by atoms with Crippen LogP contribution in [0.4, 0.5) is 5.69 Å². The van der Waals surface area contributed by atoms with E-state index in [1.807, 2.05) is 43.3 Å². The molecule has 150 valence electrons. The monoisotopic (exact) mass is 393 g/mol. The minimum atomic E-state index is -0.539. The van der Waals surface area contributed by atoms with Crippen molar-refractivity contribution in [1.29, 1.82) is 0 Å². The van der Waals surface area contributed by atoms with Gasteiger partial charge in [0.15, 0.2) is 0 Å². The lowest BCUT2D eigenvalue weighted by Gasteiger charge is -2.10. The van der Waals surface area contributed by atoms with Crippen LogP contribution in [0.5, 0.6) is 0 Å². The van der Waals surface area contributed by atoms with Crippen LogP contribution >= 0.6 is 0 Å². The molecule has 2 amide bonds. The van der Waals surface area contributed by atoms with E-state index in [2.05, 4.69) is 10.6 Å². The third-order valence-electron chi connectivity index (χ3n) is 4.00. The molecule has 2 aromatic carbocycles. The fourth-order valence-electron chi connectivity index (χ4n) is 2.40. The Kier molecular flexibility index (Phi) is 8.31. The van der Waals surface area contributed by atoms with Crippen molar-refractivity contribution >= 4 is 23.6 Å². The SMILES string of the molecule is CCCCNC(=O)/C(=C\C=C\c1ccccc1)NC(=O)c1ccc([N+](=O)[O-])cc1. The van der Waals surface area contributed by atoms with Gasteiger partial charge in [-0.05, 0) is 30.2 Å². The quantitative estimate of drug-likeness (QED) is 0.222. The first-order valence-electron chi connectivity index (χ1n) is 9.28. The molecule has 0 bridgehead atoms. The van der Waals surface area contributed by atoms with Crippen LogP contribution < -0.4 is 10.6 Å². The maximum atomic E-state index is 12.5. The lowest BCUT2D eigenvalue weighted by Crippen LogP contribution is -2.35. The second kappa shape index (κ2) is 11.2. The van der Waals surface area contributed by atoms with Crippen LogP contribution in [0.2, 0.25) is 0 Å². The number of nitro groups is 1. The van der Waals surface area contributed by atoms with Crippen molar-refractivity contribution in [3.8, 4) is 0 Å². The third kappa shape index (κ3) is 7.06. The highest BCUT2D eigenvalue weighted by atomic mass is 16.6. The molecule has 7 heteroatoms. The van der Waals surface area contributed by atoms with Crippen LogP contribution in [0, 0.1) is 10.1 Å². The zero-order chi connectivity index (χ0) is 21.1. The summed E-state index contributed by atoms with van der Waals surface area (Å²) < 4.78 is 0. The van der Waals surface area contributed by atoms with E-state index in [9.17, 15) is 19.7 Å². The highest BCUT2D eigenvalue weighted by Gasteiger charge is 2.14. The van der Waals surface area contributed by atoms with E-state index in [0.717, 1.165) is 18.4 Å². The Bertz CT molecular complexity index is 903. The maximum absolute atomic E-state index is 12.5. The zero-order valence-electron chi connectivity index (χ0n) is 16.1. The van der Waals surface area contributed by atoms with Gasteiger partial charge in [-0.3, -0.25) is 19.7 Å². The van der Waals surface area contributed by atoms with Crippen molar-refractivity contribution in [2.24, 2.45) is 0 Å². The molecule has 0 atom stereocenters. The summed E-state index contributed by atoms with van der Waals surface area (Å²) >= 11 is 0. The van der Waals surface area contributed by atoms with Gasteiger partial charge in [0.05, 0.1) is 4.92 Å². The zero-order valence-corrected chi connectivity index (χ0v) is 16.1. The number of unbranched alkanes of at least 4 members (excludes halogenated alkanes) is 1. The molecule has 7 nitrogen and oxygen atoms in total. The molecule has 0 saturated carbocycles. The minimum Gasteiger partial charge on any atom is -0.351 e. The average Bonchev–Trinajstić information content (AvgIpc) is 2.73. The molecule has 0 unspecified atom stereocenters. The van der Waals surface area contributed by atoms with Crippen LogP contribution in [0.15, 0.2) is 72.4 Å². The predicted molar refractivity (Wildman–Crippen MR) is 112 cm³/mol. The van der Waals surface area contributed by atoms with Crippen LogP contribution in [0.1, 0.15) is 35.7 Å². The third-order valence-corrected chi connectivity index (χ3v) is 4.00. The summed E-state index contributed by atoms with van der Waals surface area (Å²) in [6, 6.07) is 14.7. The number of rotatable bonds is 9. The van der Waals surface area contributed by atoms with Gasteiger partial charge in [-0.1, -0.05) is 55.8 Å². The normalized spacial score (nSPS) is 11.3. The van der Waals surface area contributed by atoms with Crippen molar-refractivity contribution < 1.29 is 14.5 Å². The number of non-ortho nitro benzene ring substituents is 1. The molecule has 0 saturated heterocycles. The molecule has 2 aromatic rings. The minimum absolute atomic E-state index is 0.0941. The number of carbonyl (C=O) groups is 2. The molecule has 0 aliphatic heterocycles. The number of nitrogens with zero attached hydrogens (tertiary/aromatic N) is 1. The molecule has 0 radical (unpaired) electrons. The predicted octanol–water partition coefficient (Wildman–Crippen LogP) is 3.84. The van der Waals surface area contributed by atoms with Gasteiger partial charge in [0, 0.05) is 24.2 Å². The van der Waals surface area contributed by atoms with Gasteiger partial charge in [-0.2, -0.15) is 0 Å². The Hall–Kier alpha value is -3.74.